The van der Waals surface area contributed by atoms with Crippen molar-refractivity contribution in [3.05, 3.63) is 78.4 Å². The zero-order valence-corrected chi connectivity index (χ0v) is 11.6. The lowest BCUT2D eigenvalue weighted by Gasteiger charge is -2.07. The predicted molar refractivity (Wildman–Crippen MR) is 82.7 cm³/mol. The zero-order valence-electron chi connectivity index (χ0n) is 11.6. The van der Waals surface area contributed by atoms with Gasteiger partial charge in [0.2, 0.25) is 0 Å². The highest BCUT2D eigenvalue weighted by Crippen LogP contribution is 2.14. The molecule has 1 N–H and O–H groups in total. The standard InChI is InChI=1S/C17H12N4O/c18-11-13-1-3-14(4-2-13)17(22)20-15-5-7-16(8-6-15)21-10-9-19-12-21/h1-10,12H,(H,20,22). The Morgan fingerprint density at radius 3 is 2.41 bits per heavy atom. The molecule has 5 heteroatoms. The molecule has 0 aliphatic rings. The summed E-state index contributed by atoms with van der Waals surface area (Å²) < 4.78 is 1.88. The molecule has 22 heavy (non-hydrogen) atoms. The van der Waals surface area contributed by atoms with Gasteiger partial charge in [-0.05, 0) is 48.5 Å². The van der Waals surface area contributed by atoms with E-state index >= 15 is 0 Å². The number of carbonyl (C=O) groups is 1. The summed E-state index contributed by atoms with van der Waals surface area (Å²) in [5.74, 6) is -0.208. The summed E-state index contributed by atoms with van der Waals surface area (Å²) in [5, 5.41) is 11.6. The van der Waals surface area contributed by atoms with E-state index in [0.717, 1.165) is 5.69 Å². The first-order valence-corrected chi connectivity index (χ1v) is 6.66. The minimum absolute atomic E-state index is 0.208. The van der Waals surface area contributed by atoms with E-state index in [4.69, 9.17) is 5.26 Å². The lowest BCUT2D eigenvalue weighted by Crippen LogP contribution is -2.11. The van der Waals surface area contributed by atoms with Crippen molar-refractivity contribution >= 4 is 11.6 Å². The van der Waals surface area contributed by atoms with Crippen molar-refractivity contribution in [2.75, 3.05) is 5.32 Å². The van der Waals surface area contributed by atoms with Gasteiger partial charge in [-0.25, -0.2) is 4.98 Å². The maximum absolute atomic E-state index is 12.1. The lowest BCUT2D eigenvalue weighted by atomic mass is 10.1. The van der Waals surface area contributed by atoms with E-state index in [1.807, 2.05) is 41.1 Å². The lowest BCUT2D eigenvalue weighted by molar-refractivity contribution is 0.102. The Labute approximate surface area is 127 Å². The molecule has 1 aromatic heterocycles. The van der Waals surface area contributed by atoms with Crippen LogP contribution in [-0.2, 0) is 0 Å². The van der Waals surface area contributed by atoms with Gasteiger partial charge in [-0.1, -0.05) is 0 Å². The van der Waals surface area contributed by atoms with Crippen LogP contribution in [0.25, 0.3) is 5.69 Å². The summed E-state index contributed by atoms with van der Waals surface area (Å²) in [6, 6.07) is 16.0. The number of imidazole rings is 1. The summed E-state index contributed by atoms with van der Waals surface area (Å²) >= 11 is 0. The van der Waals surface area contributed by atoms with Gasteiger partial charge in [0.15, 0.2) is 0 Å². The van der Waals surface area contributed by atoms with Crippen molar-refractivity contribution in [2.45, 2.75) is 0 Å². The van der Waals surface area contributed by atoms with Gasteiger partial charge in [0.1, 0.15) is 0 Å². The second-order valence-corrected chi connectivity index (χ2v) is 4.66. The van der Waals surface area contributed by atoms with Crippen LogP contribution in [0, 0.1) is 11.3 Å². The summed E-state index contributed by atoms with van der Waals surface area (Å²) in [6.07, 6.45) is 5.27. The van der Waals surface area contributed by atoms with Crippen LogP contribution in [0.15, 0.2) is 67.3 Å². The van der Waals surface area contributed by atoms with Gasteiger partial charge in [-0.2, -0.15) is 5.26 Å². The molecular weight excluding hydrogens is 276 g/mol. The van der Waals surface area contributed by atoms with Crippen molar-refractivity contribution < 1.29 is 4.79 Å². The Morgan fingerprint density at radius 1 is 1.09 bits per heavy atom. The monoisotopic (exact) mass is 288 g/mol. The number of nitrogens with zero attached hydrogens (tertiary/aromatic N) is 3. The number of nitriles is 1. The van der Waals surface area contributed by atoms with Crippen molar-refractivity contribution in [3.8, 4) is 11.8 Å². The second kappa shape index (κ2) is 5.94. The van der Waals surface area contributed by atoms with Gasteiger partial charge in [-0.3, -0.25) is 4.79 Å². The second-order valence-electron chi connectivity index (χ2n) is 4.66. The molecule has 3 rings (SSSR count). The van der Waals surface area contributed by atoms with E-state index in [9.17, 15) is 4.79 Å². The van der Waals surface area contributed by atoms with Gasteiger partial charge >= 0.3 is 0 Å². The van der Waals surface area contributed by atoms with Gasteiger partial charge in [0, 0.05) is 29.3 Å². The number of amides is 1. The van der Waals surface area contributed by atoms with Crippen LogP contribution in [0.5, 0.6) is 0 Å². The third-order valence-corrected chi connectivity index (χ3v) is 3.20. The average Bonchev–Trinajstić information content (AvgIpc) is 3.10. The Hall–Kier alpha value is -3.39. The number of rotatable bonds is 3. The number of anilines is 1. The van der Waals surface area contributed by atoms with Crippen LogP contribution in [0.4, 0.5) is 5.69 Å². The minimum atomic E-state index is -0.208. The van der Waals surface area contributed by atoms with Crippen LogP contribution >= 0.6 is 0 Å². The van der Waals surface area contributed by atoms with E-state index in [-0.39, 0.29) is 5.91 Å². The summed E-state index contributed by atoms with van der Waals surface area (Å²) in [7, 11) is 0. The molecule has 0 aliphatic heterocycles. The van der Waals surface area contributed by atoms with E-state index in [0.29, 0.717) is 16.8 Å². The Bertz CT molecular complexity index is 813. The van der Waals surface area contributed by atoms with Crippen LogP contribution < -0.4 is 5.32 Å². The predicted octanol–water partition coefficient (Wildman–Crippen LogP) is 3.00. The Kier molecular flexibility index (Phi) is 3.67. The molecule has 0 spiro atoms. The van der Waals surface area contributed by atoms with Gasteiger partial charge < -0.3 is 9.88 Å². The summed E-state index contributed by atoms with van der Waals surface area (Å²) in [4.78, 5) is 16.1. The third-order valence-electron chi connectivity index (χ3n) is 3.20. The third kappa shape index (κ3) is 2.86. The Morgan fingerprint density at radius 2 is 1.82 bits per heavy atom. The number of carbonyl (C=O) groups excluding carboxylic acids is 1. The van der Waals surface area contributed by atoms with Gasteiger partial charge in [0.05, 0.1) is 18.0 Å². The molecule has 3 aromatic rings. The van der Waals surface area contributed by atoms with Crippen molar-refractivity contribution in [1.82, 2.24) is 9.55 Å². The molecule has 0 radical (unpaired) electrons. The molecule has 2 aromatic carbocycles. The smallest absolute Gasteiger partial charge is 0.255 e. The first-order valence-electron chi connectivity index (χ1n) is 6.66. The van der Waals surface area contributed by atoms with E-state index < -0.39 is 0 Å². The first-order chi connectivity index (χ1) is 10.8. The van der Waals surface area contributed by atoms with Crippen LogP contribution in [0.2, 0.25) is 0 Å². The molecule has 0 saturated carbocycles. The SMILES string of the molecule is N#Cc1ccc(C(=O)Nc2ccc(-n3ccnc3)cc2)cc1. The highest BCUT2D eigenvalue weighted by atomic mass is 16.1. The van der Waals surface area contributed by atoms with E-state index in [2.05, 4.69) is 10.3 Å². The molecule has 0 unspecified atom stereocenters. The van der Waals surface area contributed by atoms with E-state index in [1.165, 1.54) is 0 Å². The fraction of sp³-hybridized carbons (Fsp3) is 0. The average molecular weight is 288 g/mol. The highest BCUT2D eigenvalue weighted by molar-refractivity contribution is 6.04. The topological polar surface area (TPSA) is 70.7 Å². The Balaban J connectivity index is 1.72. The van der Waals surface area contributed by atoms with E-state index in [1.54, 1.807) is 36.8 Å². The van der Waals surface area contributed by atoms with Gasteiger partial charge in [0.25, 0.3) is 5.91 Å². The number of benzene rings is 2. The number of aromatic nitrogens is 2. The van der Waals surface area contributed by atoms with Crippen LogP contribution in [-0.4, -0.2) is 15.5 Å². The van der Waals surface area contributed by atoms with Crippen molar-refractivity contribution in [3.63, 3.8) is 0 Å². The zero-order chi connectivity index (χ0) is 15.4. The number of hydrogen-bond acceptors (Lipinski definition) is 3. The normalized spacial score (nSPS) is 9.95. The minimum Gasteiger partial charge on any atom is -0.322 e. The number of hydrogen-bond donors (Lipinski definition) is 1. The molecule has 0 aliphatic carbocycles. The molecule has 0 fully saturated rings. The molecule has 5 nitrogen and oxygen atoms in total. The molecule has 1 heterocycles. The first kappa shape index (κ1) is 13.6. The van der Waals surface area contributed by atoms with Crippen LogP contribution in [0.3, 0.4) is 0 Å². The van der Waals surface area contributed by atoms with Gasteiger partial charge in [-0.15, -0.1) is 0 Å². The van der Waals surface area contributed by atoms with Crippen molar-refractivity contribution in [2.24, 2.45) is 0 Å². The molecular formula is C17H12N4O. The fourth-order valence-electron chi connectivity index (χ4n) is 2.03. The molecule has 0 atom stereocenters. The summed E-state index contributed by atoms with van der Waals surface area (Å²) in [5.41, 5.74) is 2.71. The summed E-state index contributed by atoms with van der Waals surface area (Å²) in [6.45, 7) is 0. The quantitative estimate of drug-likeness (QED) is 0.805. The maximum atomic E-state index is 12.1. The number of nitrogens with one attached hydrogen (secondary N) is 1. The molecule has 106 valence electrons. The van der Waals surface area contributed by atoms with Crippen molar-refractivity contribution in [1.29, 1.82) is 5.26 Å². The fourth-order valence-corrected chi connectivity index (χ4v) is 2.03. The molecule has 1 amide bonds. The maximum Gasteiger partial charge on any atom is 0.255 e. The molecule has 0 saturated heterocycles. The van der Waals surface area contributed by atoms with Crippen LogP contribution in [0.1, 0.15) is 15.9 Å². The highest BCUT2D eigenvalue weighted by Gasteiger charge is 2.06. The molecule has 0 bridgehead atoms. The largest absolute Gasteiger partial charge is 0.322 e.